The molecule has 0 radical (unpaired) electrons. The zero-order valence-electron chi connectivity index (χ0n) is 11.4. The molecule has 3 N–H and O–H groups in total. The van der Waals surface area contributed by atoms with Gasteiger partial charge in [-0.05, 0) is 53.9 Å². The van der Waals surface area contributed by atoms with E-state index in [4.69, 9.17) is 33.8 Å². The fourth-order valence-electron chi connectivity index (χ4n) is 2.09. The summed E-state index contributed by atoms with van der Waals surface area (Å²) in [4.78, 5) is 0. The van der Waals surface area contributed by atoms with Crippen LogP contribution < -0.4 is 16.0 Å². The number of rotatable bonds is 5. The summed E-state index contributed by atoms with van der Waals surface area (Å²) in [7, 11) is 1.64. The molecule has 0 saturated heterocycles. The Kier molecular flexibility index (Phi) is 5.90. The molecule has 2 rings (SSSR count). The minimum atomic E-state index is -0.153. The summed E-state index contributed by atoms with van der Waals surface area (Å²) < 4.78 is 6.24. The minimum Gasteiger partial charge on any atom is -0.497 e. The van der Waals surface area contributed by atoms with Gasteiger partial charge in [0.1, 0.15) is 5.75 Å². The molecule has 2 aromatic carbocycles. The highest BCUT2D eigenvalue weighted by Gasteiger charge is 2.16. The number of ether oxygens (including phenoxy) is 1. The molecule has 6 heteroatoms. The van der Waals surface area contributed by atoms with Gasteiger partial charge in [-0.1, -0.05) is 39.1 Å². The highest BCUT2D eigenvalue weighted by atomic mass is 79.9. The molecular weight excluding hydrogens is 375 g/mol. The van der Waals surface area contributed by atoms with Crippen LogP contribution in [0.25, 0.3) is 0 Å². The lowest BCUT2D eigenvalue weighted by atomic mass is 9.99. The molecular formula is C15H15BrCl2N2O. The summed E-state index contributed by atoms with van der Waals surface area (Å²) in [5, 5.41) is 1.25. The van der Waals surface area contributed by atoms with E-state index in [9.17, 15) is 0 Å². The Morgan fingerprint density at radius 2 is 2.00 bits per heavy atom. The SMILES string of the molecule is COc1ccc(Br)c(CC(NN)c2cc(Cl)ccc2Cl)c1. The standard InChI is InChI=1S/C15H15BrCl2N2O/c1-21-11-3-4-13(16)9(6-11)7-15(20-19)12-8-10(17)2-5-14(12)18/h2-6,8,15,20H,7,19H2,1H3. The van der Waals surface area contributed by atoms with Crippen molar-refractivity contribution in [2.75, 3.05) is 7.11 Å². The van der Waals surface area contributed by atoms with E-state index in [1.165, 1.54) is 0 Å². The zero-order valence-corrected chi connectivity index (χ0v) is 14.5. The van der Waals surface area contributed by atoms with Gasteiger partial charge in [0.25, 0.3) is 0 Å². The van der Waals surface area contributed by atoms with Crippen LogP contribution in [0.5, 0.6) is 5.75 Å². The molecule has 0 aliphatic rings. The van der Waals surface area contributed by atoms with Crippen LogP contribution in [-0.2, 0) is 6.42 Å². The lowest BCUT2D eigenvalue weighted by molar-refractivity contribution is 0.413. The third-order valence-corrected chi connectivity index (χ3v) is 4.56. The summed E-state index contributed by atoms with van der Waals surface area (Å²) in [6.45, 7) is 0. The maximum absolute atomic E-state index is 6.24. The number of benzene rings is 2. The molecule has 1 atom stereocenters. The van der Waals surface area contributed by atoms with E-state index < -0.39 is 0 Å². The maximum atomic E-state index is 6.24. The Hall–Kier alpha value is -0.780. The largest absolute Gasteiger partial charge is 0.497 e. The lowest BCUT2D eigenvalue weighted by Crippen LogP contribution is -2.30. The van der Waals surface area contributed by atoms with Crippen molar-refractivity contribution in [3.63, 3.8) is 0 Å². The van der Waals surface area contributed by atoms with Crippen LogP contribution in [0.3, 0.4) is 0 Å². The Balaban J connectivity index is 2.33. The van der Waals surface area contributed by atoms with Crippen molar-refractivity contribution in [3.8, 4) is 5.75 Å². The minimum absolute atomic E-state index is 0.153. The van der Waals surface area contributed by atoms with Gasteiger partial charge in [0.15, 0.2) is 0 Å². The van der Waals surface area contributed by atoms with Crippen molar-refractivity contribution in [1.82, 2.24) is 5.43 Å². The second-order valence-corrected chi connectivity index (χ2v) is 6.24. The molecule has 0 aliphatic heterocycles. The highest BCUT2D eigenvalue weighted by molar-refractivity contribution is 9.10. The van der Waals surface area contributed by atoms with Crippen LogP contribution >= 0.6 is 39.1 Å². The molecule has 0 heterocycles. The molecule has 2 aromatic rings. The number of hydrogen-bond acceptors (Lipinski definition) is 3. The maximum Gasteiger partial charge on any atom is 0.119 e. The first-order chi connectivity index (χ1) is 10.0. The van der Waals surface area contributed by atoms with Gasteiger partial charge in [0, 0.05) is 14.5 Å². The van der Waals surface area contributed by atoms with E-state index in [-0.39, 0.29) is 6.04 Å². The van der Waals surface area contributed by atoms with Crippen LogP contribution in [0, 0.1) is 0 Å². The van der Waals surface area contributed by atoms with E-state index >= 15 is 0 Å². The Bertz CT molecular complexity index is 637. The van der Waals surface area contributed by atoms with Crippen molar-refractivity contribution >= 4 is 39.1 Å². The molecule has 21 heavy (non-hydrogen) atoms. The van der Waals surface area contributed by atoms with E-state index in [0.717, 1.165) is 21.3 Å². The quantitative estimate of drug-likeness (QED) is 0.584. The monoisotopic (exact) mass is 388 g/mol. The average Bonchev–Trinajstić information content (AvgIpc) is 2.49. The summed E-state index contributed by atoms with van der Waals surface area (Å²) in [6, 6.07) is 11.0. The molecule has 0 aliphatic carbocycles. The van der Waals surface area contributed by atoms with Gasteiger partial charge < -0.3 is 4.74 Å². The topological polar surface area (TPSA) is 47.3 Å². The first-order valence-electron chi connectivity index (χ1n) is 6.28. The number of halogens is 3. The first-order valence-corrected chi connectivity index (χ1v) is 7.83. The molecule has 1 unspecified atom stereocenters. The number of nitrogens with one attached hydrogen (secondary N) is 1. The second-order valence-electron chi connectivity index (χ2n) is 4.55. The normalized spacial score (nSPS) is 12.2. The van der Waals surface area contributed by atoms with E-state index in [1.54, 1.807) is 19.2 Å². The predicted molar refractivity (Wildman–Crippen MR) is 90.9 cm³/mol. The van der Waals surface area contributed by atoms with Gasteiger partial charge in [-0.3, -0.25) is 11.3 Å². The summed E-state index contributed by atoms with van der Waals surface area (Å²) in [6.07, 6.45) is 0.647. The third kappa shape index (κ3) is 4.11. The fraction of sp³-hybridized carbons (Fsp3) is 0.200. The number of hydrogen-bond donors (Lipinski definition) is 2. The van der Waals surface area contributed by atoms with Crippen molar-refractivity contribution in [2.24, 2.45) is 5.84 Å². The van der Waals surface area contributed by atoms with E-state index in [0.29, 0.717) is 16.5 Å². The highest BCUT2D eigenvalue weighted by Crippen LogP contribution is 2.31. The van der Waals surface area contributed by atoms with Gasteiger partial charge in [-0.15, -0.1) is 0 Å². The second kappa shape index (κ2) is 7.47. The Morgan fingerprint density at radius 1 is 1.24 bits per heavy atom. The predicted octanol–water partition coefficient (Wildman–Crippen LogP) is 4.51. The Morgan fingerprint density at radius 3 is 2.67 bits per heavy atom. The fourth-order valence-corrected chi connectivity index (χ4v) is 2.93. The molecule has 0 saturated carbocycles. The summed E-state index contributed by atoms with van der Waals surface area (Å²) in [5.74, 6) is 6.49. The van der Waals surface area contributed by atoms with Crippen molar-refractivity contribution < 1.29 is 4.74 Å². The molecule has 0 bridgehead atoms. The van der Waals surface area contributed by atoms with Gasteiger partial charge in [0.05, 0.1) is 13.2 Å². The number of nitrogens with two attached hydrogens (primary N) is 1. The number of hydrazine groups is 1. The molecule has 0 aromatic heterocycles. The third-order valence-electron chi connectivity index (χ3n) is 3.21. The number of methoxy groups -OCH3 is 1. The molecule has 0 spiro atoms. The summed E-state index contributed by atoms with van der Waals surface area (Å²) in [5.41, 5.74) is 4.72. The van der Waals surface area contributed by atoms with Crippen LogP contribution in [0.4, 0.5) is 0 Å². The van der Waals surface area contributed by atoms with Crippen molar-refractivity contribution in [1.29, 1.82) is 0 Å². The lowest BCUT2D eigenvalue weighted by Gasteiger charge is -2.19. The van der Waals surface area contributed by atoms with E-state index in [1.807, 2.05) is 24.3 Å². The van der Waals surface area contributed by atoms with Gasteiger partial charge >= 0.3 is 0 Å². The smallest absolute Gasteiger partial charge is 0.119 e. The van der Waals surface area contributed by atoms with Crippen LogP contribution in [0.2, 0.25) is 10.0 Å². The molecule has 0 fully saturated rings. The zero-order chi connectivity index (χ0) is 15.4. The van der Waals surface area contributed by atoms with E-state index in [2.05, 4.69) is 21.4 Å². The summed E-state index contributed by atoms with van der Waals surface area (Å²) >= 11 is 15.8. The van der Waals surface area contributed by atoms with Crippen LogP contribution in [0.15, 0.2) is 40.9 Å². The van der Waals surface area contributed by atoms with Crippen molar-refractivity contribution in [3.05, 3.63) is 62.0 Å². The van der Waals surface area contributed by atoms with Crippen LogP contribution in [0.1, 0.15) is 17.2 Å². The van der Waals surface area contributed by atoms with Crippen LogP contribution in [-0.4, -0.2) is 7.11 Å². The van der Waals surface area contributed by atoms with Gasteiger partial charge in [-0.2, -0.15) is 0 Å². The average molecular weight is 390 g/mol. The molecule has 3 nitrogen and oxygen atoms in total. The Labute approximate surface area is 142 Å². The van der Waals surface area contributed by atoms with Gasteiger partial charge in [0.2, 0.25) is 0 Å². The van der Waals surface area contributed by atoms with Crippen molar-refractivity contribution in [2.45, 2.75) is 12.5 Å². The van der Waals surface area contributed by atoms with Gasteiger partial charge in [-0.25, -0.2) is 0 Å². The molecule has 0 amide bonds. The molecule has 112 valence electrons. The first kappa shape index (κ1) is 16.6.